The van der Waals surface area contributed by atoms with Crippen LogP contribution in [0, 0.1) is 16.0 Å². The van der Waals surface area contributed by atoms with Gasteiger partial charge in [0, 0.05) is 6.54 Å². The van der Waals surface area contributed by atoms with E-state index < -0.39 is 0 Å². The Bertz CT molecular complexity index is 409. The molecule has 0 N–H and O–H groups in total. The number of aromatic nitrogens is 2. The molecule has 4 rings (SSSR count). The molecular weight excluding hydrogens is 208 g/mol. The molecule has 0 amide bonds. The van der Waals surface area contributed by atoms with Crippen molar-refractivity contribution in [2.24, 2.45) is 5.92 Å². The van der Waals surface area contributed by atoms with Crippen LogP contribution in [0.3, 0.4) is 0 Å². The third-order valence-corrected chi connectivity index (χ3v) is 3.76. The Kier molecular flexibility index (Phi) is 2.17. The van der Waals surface area contributed by atoms with E-state index in [9.17, 15) is 10.1 Å². The van der Waals surface area contributed by atoms with Gasteiger partial charge in [0.1, 0.15) is 12.4 Å². The highest BCUT2D eigenvalue weighted by Gasteiger charge is 2.35. The molecule has 1 atom stereocenters. The summed E-state index contributed by atoms with van der Waals surface area (Å²) in [5.41, 5.74) is 0.0939. The van der Waals surface area contributed by atoms with Gasteiger partial charge in [-0.15, -0.1) is 0 Å². The SMILES string of the molecule is O=[N+]([O-])c1cnn(C2CN3CCC2CC3)c1. The summed E-state index contributed by atoms with van der Waals surface area (Å²) in [5, 5.41) is 14.7. The van der Waals surface area contributed by atoms with Crippen LogP contribution >= 0.6 is 0 Å². The average molecular weight is 222 g/mol. The highest BCUT2D eigenvalue weighted by atomic mass is 16.6. The number of nitrogens with zero attached hydrogens (tertiary/aromatic N) is 4. The molecule has 16 heavy (non-hydrogen) atoms. The highest BCUT2D eigenvalue weighted by Crippen LogP contribution is 2.35. The van der Waals surface area contributed by atoms with Crippen LogP contribution in [0.25, 0.3) is 0 Å². The summed E-state index contributed by atoms with van der Waals surface area (Å²) in [7, 11) is 0. The van der Waals surface area contributed by atoms with E-state index in [1.807, 2.05) is 0 Å². The number of hydrogen-bond donors (Lipinski definition) is 0. The second kappa shape index (κ2) is 3.55. The molecule has 3 aliphatic heterocycles. The van der Waals surface area contributed by atoms with E-state index in [1.165, 1.54) is 32.1 Å². The van der Waals surface area contributed by atoms with Crippen molar-refractivity contribution >= 4 is 5.69 Å². The number of fused-ring (bicyclic) bond motifs is 3. The Balaban J connectivity index is 1.83. The quantitative estimate of drug-likeness (QED) is 0.554. The maximum absolute atomic E-state index is 10.6. The minimum absolute atomic E-state index is 0.0939. The predicted molar refractivity (Wildman–Crippen MR) is 57.1 cm³/mol. The van der Waals surface area contributed by atoms with E-state index in [-0.39, 0.29) is 10.6 Å². The van der Waals surface area contributed by atoms with Crippen LogP contribution in [-0.4, -0.2) is 39.2 Å². The van der Waals surface area contributed by atoms with Gasteiger partial charge in [-0.2, -0.15) is 5.10 Å². The first-order valence-corrected chi connectivity index (χ1v) is 5.65. The van der Waals surface area contributed by atoms with Crippen LogP contribution in [-0.2, 0) is 0 Å². The van der Waals surface area contributed by atoms with Gasteiger partial charge in [0.15, 0.2) is 0 Å². The van der Waals surface area contributed by atoms with Crippen molar-refractivity contribution in [2.75, 3.05) is 19.6 Å². The van der Waals surface area contributed by atoms with E-state index in [0.29, 0.717) is 12.0 Å². The number of piperidine rings is 3. The van der Waals surface area contributed by atoms with Gasteiger partial charge in [0.2, 0.25) is 0 Å². The first-order chi connectivity index (χ1) is 7.74. The molecule has 3 aliphatic rings. The zero-order valence-corrected chi connectivity index (χ0v) is 8.95. The summed E-state index contributed by atoms with van der Waals surface area (Å²) in [6.45, 7) is 3.33. The third-order valence-electron chi connectivity index (χ3n) is 3.76. The Morgan fingerprint density at radius 1 is 1.44 bits per heavy atom. The molecule has 1 aromatic rings. The van der Waals surface area contributed by atoms with Crippen molar-refractivity contribution in [3.63, 3.8) is 0 Å². The molecule has 3 saturated heterocycles. The number of hydrogen-bond acceptors (Lipinski definition) is 4. The summed E-state index contributed by atoms with van der Waals surface area (Å²) < 4.78 is 1.79. The molecule has 3 fully saturated rings. The molecule has 6 heteroatoms. The summed E-state index contributed by atoms with van der Waals surface area (Å²) >= 11 is 0. The van der Waals surface area contributed by atoms with Gasteiger partial charge < -0.3 is 4.90 Å². The standard InChI is InChI=1S/C10H14N4O2/c15-14(16)9-5-11-13(6-9)10-7-12-3-1-8(10)2-4-12/h5-6,8,10H,1-4,7H2. The van der Waals surface area contributed by atoms with Gasteiger partial charge in [0.05, 0.1) is 11.0 Å². The average Bonchev–Trinajstić information content (AvgIpc) is 2.80. The van der Waals surface area contributed by atoms with Crippen molar-refractivity contribution in [1.29, 1.82) is 0 Å². The molecule has 0 spiro atoms. The minimum Gasteiger partial charge on any atom is -0.301 e. The molecule has 86 valence electrons. The fourth-order valence-corrected chi connectivity index (χ4v) is 2.84. The lowest BCUT2D eigenvalue weighted by Gasteiger charge is -2.44. The Morgan fingerprint density at radius 3 is 2.69 bits per heavy atom. The fraction of sp³-hybridized carbons (Fsp3) is 0.700. The number of nitro groups is 1. The molecule has 0 radical (unpaired) electrons. The predicted octanol–water partition coefficient (Wildman–Crippen LogP) is 1.06. The smallest absolute Gasteiger partial charge is 0.301 e. The van der Waals surface area contributed by atoms with Crippen LogP contribution in [0.4, 0.5) is 5.69 Å². The first kappa shape index (κ1) is 9.77. The van der Waals surface area contributed by atoms with Crippen LogP contribution in [0.15, 0.2) is 12.4 Å². The molecule has 1 aromatic heterocycles. The van der Waals surface area contributed by atoms with Gasteiger partial charge in [-0.1, -0.05) is 0 Å². The normalized spacial score (nSPS) is 32.9. The maximum Gasteiger partial charge on any atom is 0.307 e. The molecule has 4 heterocycles. The second-order valence-electron chi connectivity index (χ2n) is 4.64. The summed E-state index contributed by atoms with van der Waals surface area (Å²) in [4.78, 5) is 12.6. The van der Waals surface area contributed by atoms with Gasteiger partial charge in [-0.05, 0) is 31.8 Å². The van der Waals surface area contributed by atoms with Gasteiger partial charge in [0.25, 0.3) is 0 Å². The maximum atomic E-state index is 10.6. The van der Waals surface area contributed by atoms with Gasteiger partial charge >= 0.3 is 5.69 Å². The molecule has 2 bridgehead atoms. The monoisotopic (exact) mass is 222 g/mol. The van der Waals surface area contributed by atoms with Crippen molar-refractivity contribution in [1.82, 2.24) is 14.7 Å². The van der Waals surface area contributed by atoms with Crippen molar-refractivity contribution in [2.45, 2.75) is 18.9 Å². The molecule has 0 aromatic carbocycles. The lowest BCUT2D eigenvalue weighted by Crippen LogP contribution is -2.48. The van der Waals surface area contributed by atoms with E-state index in [4.69, 9.17) is 0 Å². The largest absolute Gasteiger partial charge is 0.307 e. The first-order valence-electron chi connectivity index (χ1n) is 5.65. The Labute approximate surface area is 93.0 Å². The highest BCUT2D eigenvalue weighted by molar-refractivity contribution is 5.21. The second-order valence-corrected chi connectivity index (χ2v) is 4.64. The molecule has 0 saturated carbocycles. The zero-order chi connectivity index (χ0) is 11.1. The van der Waals surface area contributed by atoms with E-state index in [1.54, 1.807) is 10.9 Å². The fourth-order valence-electron chi connectivity index (χ4n) is 2.84. The lowest BCUT2D eigenvalue weighted by molar-refractivity contribution is -0.385. The van der Waals surface area contributed by atoms with Crippen molar-refractivity contribution < 1.29 is 4.92 Å². The minimum atomic E-state index is -0.384. The lowest BCUT2D eigenvalue weighted by atomic mass is 9.84. The molecule has 1 unspecified atom stereocenters. The van der Waals surface area contributed by atoms with E-state index >= 15 is 0 Å². The molecule has 0 aliphatic carbocycles. The Hall–Kier alpha value is -1.43. The molecule has 6 nitrogen and oxygen atoms in total. The van der Waals surface area contributed by atoms with Crippen molar-refractivity contribution in [3.8, 4) is 0 Å². The summed E-state index contributed by atoms with van der Waals surface area (Å²) in [6.07, 6.45) is 5.29. The number of rotatable bonds is 2. The van der Waals surface area contributed by atoms with Crippen LogP contribution in [0.2, 0.25) is 0 Å². The van der Waals surface area contributed by atoms with Crippen LogP contribution in [0.1, 0.15) is 18.9 Å². The topological polar surface area (TPSA) is 64.2 Å². The van der Waals surface area contributed by atoms with Gasteiger partial charge in [-0.25, -0.2) is 0 Å². The summed E-state index contributed by atoms with van der Waals surface area (Å²) in [6, 6.07) is 0.330. The van der Waals surface area contributed by atoms with E-state index in [2.05, 4.69) is 10.00 Å². The summed E-state index contributed by atoms with van der Waals surface area (Å²) in [5.74, 6) is 0.643. The van der Waals surface area contributed by atoms with Crippen LogP contribution in [0.5, 0.6) is 0 Å². The third kappa shape index (κ3) is 1.49. The zero-order valence-electron chi connectivity index (χ0n) is 8.95. The van der Waals surface area contributed by atoms with Gasteiger partial charge in [-0.3, -0.25) is 14.8 Å². The van der Waals surface area contributed by atoms with E-state index in [0.717, 1.165) is 6.54 Å². The molecular formula is C10H14N4O2. The van der Waals surface area contributed by atoms with Crippen LogP contribution < -0.4 is 0 Å². The van der Waals surface area contributed by atoms with Crippen molar-refractivity contribution in [3.05, 3.63) is 22.5 Å². The Morgan fingerprint density at radius 2 is 2.19 bits per heavy atom.